The van der Waals surface area contributed by atoms with Gasteiger partial charge >= 0.3 is 103 Å². The van der Waals surface area contributed by atoms with Gasteiger partial charge in [0.15, 0.2) is 10.1 Å². The molecule has 1 amide bonds. The minimum atomic E-state index is -0.293. The van der Waals surface area contributed by atoms with Crippen LogP contribution in [0.3, 0.4) is 0 Å². The third-order valence-corrected chi connectivity index (χ3v) is 11.1. The number of hydrogen-bond donors (Lipinski definition) is 2. The van der Waals surface area contributed by atoms with Crippen molar-refractivity contribution < 1.29 is 112 Å². The number of benzene rings is 4. The standard InChI is InChI=1S/C19H18ClN3OS2.C10H10Cl2O.C8H9Br.C2H2N2S2.CH4.2K/c1-11-5-3-7-13(9-11)10-25-19-23-17(21)16(26-19)18(24)22-15-12(2)6-4-8-14(15)20;1-7-3-2-4-10(12)9(7)5-8(13)6-11;1-7-3-2-4-8(5-7)6-9;1-3-4-2(5)6;;;/h3-9H,10,21H2,1-2H3,(H,22,24);2-4H,5-6H2,1H3;2-5H,6H2,1H3;(H2,4,5,6);1H4;;/q;;;;;2*+1/p-2. The van der Waals surface area contributed by atoms with Crippen LogP contribution in [0.15, 0.2) is 94.4 Å². The minimum Gasteiger partial charge on any atom is -0.782 e. The summed E-state index contributed by atoms with van der Waals surface area (Å²) < 4.78 is 0.745. The number of nitrogens with one attached hydrogen (secondary N) is 1. The summed E-state index contributed by atoms with van der Waals surface area (Å²) in [6.45, 7) is 14.0. The third-order valence-electron chi connectivity index (χ3n) is 6.99. The molecule has 0 spiro atoms. The number of alkyl halides is 2. The Morgan fingerprint density at radius 2 is 1.46 bits per heavy atom. The molecule has 0 aliphatic carbocycles. The molecule has 0 fully saturated rings. The number of halogens is 4. The second-order valence-corrected chi connectivity index (χ2v) is 16.2. The number of aromatic nitrogens is 1. The summed E-state index contributed by atoms with van der Waals surface area (Å²) in [6.07, 6.45) is 0.328. The summed E-state index contributed by atoms with van der Waals surface area (Å²) in [4.78, 5) is 31.0. The monoisotopic (exact) mass is 1010 g/mol. The number of rotatable bonds is 9. The first-order valence-electron chi connectivity index (χ1n) is 15.9. The van der Waals surface area contributed by atoms with E-state index in [1.165, 1.54) is 33.6 Å². The van der Waals surface area contributed by atoms with E-state index < -0.39 is 0 Å². The molecule has 5 rings (SSSR count). The van der Waals surface area contributed by atoms with Crippen LogP contribution < -0.4 is 114 Å². The van der Waals surface area contributed by atoms with Crippen molar-refractivity contribution in [2.45, 2.75) is 57.0 Å². The van der Waals surface area contributed by atoms with Crippen LogP contribution in [-0.4, -0.2) is 26.9 Å². The van der Waals surface area contributed by atoms with Gasteiger partial charge < -0.3 is 36.3 Å². The van der Waals surface area contributed by atoms with Gasteiger partial charge in [-0.05, 0) is 67.6 Å². The van der Waals surface area contributed by atoms with Gasteiger partial charge in [0.2, 0.25) is 0 Å². The molecule has 3 N–H and O–H groups in total. The molecule has 0 radical (unpaired) electrons. The maximum absolute atomic E-state index is 12.6. The average Bonchev–Trinajstić information content (AvgIpc) is 3.51. The number of thioether (sulfide) groups is 1. The van der Waals surface area contributed by atoms with E-state index >= 15 is 0 Å². The van der Waals surface area contributed by atoms with Crippen molar-refractivity contribution >= 4 is 127 Å². The molecule has 0 bridgehead atoms. The second-order valence-electron chi connectivity index (χ2n) is 11.3. The Morgan fingerprint density at radius 1 is 0.912 bits per heavy atom. The van der Waals surface area contributed by atoms with Crippen LogP contribution in [0, 0.1) is 34.3 Å². The van der Waals surface area contributed by atoms with Gasteiger partial charge in [-0.2, -0.15) is 10.9 Å². The van der Waals surface area contributed by atoms with Crippen LogP contribution in [0.4, 0.5) is 11.5 Å². The number of anilines is 2. The number of nitrogens with zero attached hydrogens (tertiary/aromatic N) is 3. The van der Waals surface area contributed by atoms with E-state index in [0.29, 0.717) is 27.0 Å². The summed E-state index contributed by atoms with van der Waals surface area (Å²) in [5, 5.41) is 7.89. The number of nitrogen functional groups attached to an aromatic ring is 1. The van der Waals surface area contributed by atoms with Gasteiger partial charge in [0.1, 0.15) is 10.7 Å². The summed E-state index contributed by atoms with van der Waals surface area (Å²) in [5.74, 6) is 0.768. The number of para-hydroxylation sites is 1. The number of carbonyl (C=O) groups excluding carboxylic acids is 2. The fourth-order valence-corrected chi connectivity index (χ4v) is 7.40. The molecule has 0 saturated carbocycles. The Bertz CT molecular complexity index is 2060. The van der Waals surface area contributed by atoms with Crippen molar-refractivity contribution in [3.63, 3.8) is 0 Å². The SMILES string of the molecule is C.Cc1cccc(CBr)c1.Cc1cccc(CSc2nc(N)c(C(=O)Nc3c(C)cccc3Cl)s2)c1.Cc1cccc(Cl)c1CC(=O)CCl.[C-]#[N+]N=C([S-])[S-].[K+].[K+]. The molecule has 5 aromatic rings. The van der Waals surface area contributed by atoms with Crippen molar-refractivity contribution in [3.8, 4) is 0 Å². The molecule has 4 aromatic carbocycles. The molecule has 57 heavy (non-hydrogen) atoms. The van der Waals surface area contributed by atoms with E-state index in [1.54, 1.807) is 23.9 Å². The number of hydrogen-bond acceptors (Lipinski definition) is 9. The number of Topliss-reactive ketones (excluding diaryl/α,β-unsaturated/α-hetero) is 1. The van der Waals surface area contributed by atoms with Gasteiger partial charge in [-0.1, -0.05) is 142 Å². The summed E-state index contributed by atoms with van der Waals surface area (Å²) in [7, 11) is 0. The normalized spacial score (nSPS) is 9.32. The maximum Gasteiger partial charge on any atom is 1.00 e. The predicted octanol–water partition coefficient (Wildman–Crippen LogP) is 6.34. The topological polar surface area (TPSA) is 102 Å². The van der Waals surface area contributed by atoms with Crippen molar-refractivity contribution in [2.24, 2.45) is 5.10 Å². The number of aryl methyl sites for hydroxylation is 4. The zero-order valence-electron chi connectivity index (χ0n) is 31.8. The Balaban J connectivity index is 0. The summed E-state index contributed by atoms with van der Waals surface area (Å²) in [5.41, 5.74) is 14.5. The molecule has 1 heterocycles. The van der Waals surface area contributed by atoms with Crippen molar-refractivity contribution in [1.29, 1.82) is 0 Å². The van der Waals surface area contributed by atoms with E-state index in [9.17, 15) is 9.59 Å². The van der Waals surface area contributed by atoms with Gasteiger partial charge in [0.05, 0.1) is 16.6 Å². The van der Waals surface area contributed by atoms with Gasteiger partial charge in [-0.15, -0.1) is 27.9 Å². The van der Waals surface area contributed by atoms with E-state index in [0.717, 1.165) is 32.1 Å². The Kier molecular flexibility index (Phi) is 33.9. The summed E-state index contributed by atoms with van der Waals surface area (Å²) in [6, 6.07) is 27.8. The Hall–Kier alpha value is 0.0227. The van der Waals surface area contributed by atoms with Crippen LogP contribution in [0.5, 0.6) is 0 Å². The molecule has 292 valence electrons. The van der Waals surface area contributed by atoms with Gasteiger partial charge in [-0.3, -0.25) is 9.59 Å². The molecular formula is C40H41BrCl3K2N5O2S4. The zero-order chi connectivity index (χ0) is 40.2. The number of amides is 1. The second kappa shape index (κ2) is 32.7. The largest absolute Gasteiger partial charge is 1.00 e. The van der Waals surface area contributed by atoms with Crippen molar-refractivity contribution in [3.05, 3.63) is 150 Å². The fraction of sp³-hybridized carbons (Fsp3) is 0.225. The van der Waals surface area contributed by atoms with E-state index in [4.69, 9.17) is 47.1 Å². The first-order valence-corrected chi connectivity index (χ1v) is 20.9. The third kappa shape index (κ3) is 23.2. The predicted molar refractivity (Wildman–Crippen MR) is 246 cm³/mol. The molecule has 0 aliphatic heterocycles. The molecule has 0 aliphatic rings. The van der Waals surface area contributed by atoms with E-state index in [-0.39, 0.29) is 138 Å². The van der Waals surface area contributed by atoms with E-state index in [2.05, 4.69) is 118 Å². The molecule has 1 aromatic heterocycles. The van der Waals surface area contributed by atoms with Crippen LogP contribution in [0.2, 0.25) is 10.0 Å². The quantitative estimate of drug-likeness (QED) is 0.0260. The molecular weight excluding hydrogens is 975 g/mol. The first-order chi connectivity index (χ1) is 25.7. The van der Waals surface area contributed by atoms with Crippen LogP contribution in [0.1, 0.15) is 56.0 Å². The van der Waals surface area contributed by atoms with Crippen LogP contribution >= 0.6 is 73.8 Å². The summed E-state index contributed by atoms with van der Waals surface area (Å²) >= 11 is 32.2. The fourth-order valence-electron chi connectivity index (χ4n) is 4.41. The Morgan fingerprint density at radius 3 is 1.93 bits per heavy atom. The van der Waals surface area contributed by atoms with Crippen LogP contribution in [-0.2, 0) is 47.6 Å². The smallest absolute Gasteiger partial charge is 0.782 e. The molecule has 17 heteroatoms. The first kappa shape index (κ1) is 59.1. The average molecular weight is 1020 g/mol. The number of nitrogens with two attached hydrogens (primary N) is 1. The van der Waals surface area contributed by atoms with Gasteiger partial charge in [0.25, 0.3) is 5.91 Å². The number of carbonyl (C=O) groups is 2. The molecule has 0 atom stereocenters. The zero-order valence-corrected chi connectivity index (χ0v) is 45.2. The minimum absolute atomic E-state index is 0. The Labute approximate surface area is 465 Å². The molecule has 0 unspecified atom stereocenters. The van der Waals surface area contributed by atoms with Gasteiger partial charge in [-0.25, -0.2) is 4.98 Å². The number of ketones is 1. The van der Waals surface area contributed by atoms with E-state index in [1.807, 2.05) is 44.2 Å². The maximum atomic E-state index is 12.6. The number of thiazole rings is 1. The van der Waals surface area contributed by atoms with Crippen molar-refractivity contribution in [2.75, 3.05) is 16.9 Å². The molecule has 7 nitrogen and oxygen atoms in total. The molecule has 0 saturated heterocycles. The van der Waals surface area contributed by atoms with Crippen molar-refractivity contribution in [1.82, 2.24) is 4.98 Å². The van der Waals surface area contributed by atoms with Crippen LogP contribution in [0.25, 0.3) is 4.95 Å². The van der Waals surface area contributed by atoms with Gasteiger partial charge in [0, 0.05) is 27.6 Å².